The van der Waals surface area contributed by atoms with E-state index >= 15 is 0 Å². The van der Waals surface area contributed by atoms with Gasteiger partial charge in [-0.15, -0.1) is 0 Å². The highest BCUT2D eigenvalue weighted by Gasteiger charge is 2.09. The maximum Gasteiger partial charge on any atom is 0.220 e. The van der Waals surface area contributed by atoms with Gasteiger partial charge >= 0.3 is 0 Å². The Morgan fingerprint density at radius 1 is 1.09 bits per heavy atom. The zero-order valence-corrected chi connectivity index (χ0v) is 14.1. The molecular formula is C20H25NO2. The van der Waals surface area contributed by atoms with Crippen molar-refractivity contribution >= 4 is 5.91 Å². The number of rotatable bonds is 7. The van der Waals surface area contributed by atoms with E-state index in [9.17, 15) is 4.79 Å². The molecule has 0 aliphatic carbocycles. The molecule has 0 aliphatic heterocycles. The fraction of sp³-hybridized carbons (Fsp3) is 0.350. The van der Waals surface area contributed by atoms with Gasteiger partial charge in [-0.3, -0.25) is 4.79 Å². The van der Waals surface area contributed by atoms with Gasteiger partial charge in [0.1, 0.15) is 5.75 Å². The standard InChI is InChI=1S/C20H25NO2/c1-15-10-12-18(13-11-15)17(3)21-20(22)9-6-14-23-19-8-5-4-7-16(19)2/h4-5,7-8,10-13,17H,6,9,14H2,1-3H3,(H,21,22). The average molecular weight is 311 g/mol. The molecule has 3 nitrogen and oxygen atoms in total. The van der Waals surface area contributed by atoms with E-state index in [2.05, 4.69) is 36.5 Å². The summed E-state index contributed by atoms with van der Waals surface area (Å²) in [5.74, 6) is 0.951. The van der Waals surface area contributed by atoms with Gasteiger partial charge < -0.3 is 10.1 Å². The van der Waals surface area contributed by atoms with Crippen molar-refractivity contribution in [3.8, 4) is 5.75 Å². The molecule has 1 amide bonds. The van der Waals surface area contributed by atoms with Gasteiger partial charge in [0.05, 0.1) is 12.6 Å². The molecule has 0 aromatic heterocycles. The molecule has 3 heteroatoms. The fourth-order valence-corrected chi connectivity index (χ4v) is 2.39. The number of hydrogen-bond donors (Lipinski definition) is 1. The number of carbonyl (C=O) groups excluding carboxylic acids is 1. The summed E-state index contributed by atoms with van der Waals surface area (Å²) in [6.07, 6.45) is 1.18. The van der Waals surface area contributed by atoms with Crippen LogP contribution in [0.15, 0.2) is 48.5 Å². The van der Waals surface area contributed by atoms with Crippen LogP contribution < -0.4 is 10.1 Å². The number of hydrogen-bond acceptors (Lipinski definition) is 2. The summed E-state index contributed by atoms with van der Waals surface area (Å²) in [6.45, 7) is 6.64. The Kier molecular flexibility index (Phi) is 6.21. The van der Waals surface area contributed by atoms with Gasteiger partial charge in [-0.25, -0.2) is 0 Å². The molecular weight excluding hydrogens is 286 g/mol. The van der Waals surface area contributed by atoms with Crippen molar-refractivity contribution in [3.63, 3.8) is 0 Å². The first-order valence-electron chi connectivity index (χ1n) is 8.10. The van der Waals surface area contributed by atoms with Crippen LogP contribution in [0.4, 0.5) is 0 Å². The number of aryl methyl sites for hydroxylation is 2. The lowest BCUT2D eigenvalue weighted by Gasteiger charge is -2.15. The number of carbonyl (C=O) groups is 1. The second-order valence-corrected chi connectivity index (χ2v) is 5.92. The largest absolute Gasteiger partial charge is 0.493 e. The summed E-state index contributed by atoms with van der Waals surface area (Å²) in [7, 11) is 0. The highest BCUT2D eigenvalue weighted by atomic mass is 16.5. The summed E-state index contributed by atoms with van der Waals surface area (Å²) >= 11 is 0. The SMILES string of the molecule is Cc1ccc(C(C)NC(=O)CCCOc2ccccc2C)cc1. The maximum atomic E-state index is 12.0. The second kappa shape index (κ2) is 8.37. The van der Waals surface area contributed by atoms with Crippen molar-refractivity contribution in [1.29, 1.82) is 0 Å². The van der Waals surface area contributed by atoms with Crippen molar-refractivity contribution in [2.24, 2.45) is 0 Å². The summed E-state index contributed by atoms with van der Waals surface area (Å²) < 4.78 is 5.71. The smallest absolute Gasteiger partial charge is 0.220 e. The average Bonchev–Trinajstić information content (AvgIpc) is 2.53. The van der Waals surface area contributed by atoms with Crippen LogP contribution in [-0.4, -0.2) is 12.5 Å². The Bertz CT molecular complexity index is 634. The van der Waals surface area contributed by atoms with Gasteiger partial charge in [-0.2, -0.15) is 0 Å². The van der Waals surface area contributed by atoms with Crippen LogP contribution in [0.5, 0.6) is 5.75 Å². The molecule has 1 unspecified atom stereocenters. The van der Waals surface area contributed by atoms with E-state index < -0.39 is 0 Å². The third-order valence-electron chi connectivity index (χ3n) is 3.85. The molecule has 1 atom stereocenters. The molecule has 2 aromatic carbocycles. The van der Waals surface area contributed by atoms with Crippen LogP contribution in [0.25, 0.3) is 0 Å². The Hall–Kier alpha value is -2.29. The number of ether oxygens (including phenoxy) is 1. The van der Waals surface area contributed by atoms with Crippen molar-refractivity contribution in [3.05, 3.63) is 65.2 Å². The topological polar surface area (TPSA) is 38.3 Å². The molecule has 0 heterocycles. The van der Waals surface area contributed by atoms with E-state index in [-0.39, 0.29) is 11.9 Å². The van der Waals surface area contributed by atoms with Crippen molar-refractivity contribution in [2.75, 3.05) is 6.61 Å². The fourth-order valence-electron chi connectivity index (χ4n) is 2.39. The summed E-state index contributed by atoms with van der Waals surface area (Å²) in [4.78, 5) is 12.0. The van der Waals surface area contributed by atoms with Crippen LogP contribution in [0.1, 0.15) is 42.5 Å². The maximum absolute atomic E-state index is 12.0. The number of benzene rings is 2. The lowest BCUT2D eigenvalue weighted by atomic mass is 10.1. The zero-order chi connectivity index (χ0) is 16.7. The Labute approximate surface area is 138 Å². The molecule has 23 heavy (non-hydrogen) atoms. The van der Waals surface area contributed by atoms with Crippen molar-refractivity contribution < 1.29 is 9.53 Å². The molecule has 2 rings (SSSR count). The normalized spacial score (nSPS) is 11.8. The minimum Gasteiger partial charge on any atom is -0.493 e. The number of para-hydroxylation sites is 1. The van der Waals surface area contributed by atoms with Gasteiger partial charge in [0.25, 0.3) is 0 Å². The van der Waals surface area contributed by atoms with Crippen molar-refractivity contribution in [2.45, 2.75) is 39.7 Å². The Morgan fingerprint density at radius 2 is 1.78 bits per heavy atom. The number of amides is 1. The molecule has 0 bridgehead atoms. The lowest BCUT2D eigenvalue weighted by molar-refractivity contribution is -0.121. The van der Waals surface area contributed by atoms with Gasteiger partial charge in [0, 0.05) is 6.42 Å². The molecule has 122 valence electrons. The van der Waals surface area contributed by atoms with Gasteiger partial charge in [-0.1, -0.05) is 48.0 Å². The molecule has 0 saturated heterocycles. The molecule has 0 spiro atoms. The highest BCUT2D eigenvalue weighted by molar-refractivity contribution is 5.76. The second-order valence-electron chi connectivity index (χ2n) is 5.92. The molecule has 2 aromatic rings. The van der Waals surface area contributed by atoms with Crippen LogP contribution >= 0.6 is 0 Å². The first kappa shape index (κ1) is 17.1. The molecule has 0 fully saturated rings. The molecule has 0 saturated carbocycles. The predicted molar refractivity (Wildman–Crippen MR) is 93.6 cm³/mol. The first-order valence-corrected chi connectivity index (χ1v) is 8.10. The summed E-state index contributed by atoms with van der Waals surface area (Å²) in [6, 6.07) is 16.2. The monoisotopic (exact) mass is 311 g/mol. The molecule has 0 radical (unpaired) electrons. The van der Waals surface area contributed by atoms with Crippen LogP contribution in [0.2, 0.25) is 0 Å². The van der Waals surface area contributed by atoms with Gasteiger partial charge in [-0.05, 0) is 44.4 Å². The lowest BCUT2D eigenvalue weighted by Crippen LogP contribution is -2.26. The Morgan fingerprint density at radius 3 is 2.48 bits per heavy atom. The van der Waals surface area contributed by atoms with E-state index in [1.54, 1.807) is 0 Å². The third-order valence-corrected chi connectivity index (χ3v) is 3.85. The Balaban J connectivity index is 1.71. The zero-order valence-electron chi connectivity index (χ0n) is 14.1. The van der Waals surface area contributed by atoms with Crippen LogP contribution in [-0.2, 0) is 4.79 Å². The number of nitrogens with one attached hydrogen (secondary N) is 1. The van der Waals surface area contributed by atoms with E-state index in [0.717, 1.165) is 16.9 Å². The van der Waals surface area contributed by atoms with E-state index in [1.165, 1.54) is 5.56 Å². The van der Waals surface area contributed by atoms with Crippen LogP contribution in [0, 0.1) is 13.8 Å². The van der Waals surface area contributed by atoms with E-state index in [1.807, 2.05) is 38.1 Å². The highest BCUT2D eigenvalue weighted by Crippen LogP contribution is 2.16. The van der Waals surface area contributed by atoms with E-state index in [4.69, 9.17) is 4.74 Å². The minimum atomic E-state index is 0.0281. The predicted octanol–water partition coefficient (Wildman–Crippen LogP) is 4.34. The van der Waals surface area contributed by atoms with Crippen LogP contribution in [0.3, 0.4) is 0 Å². The summed E-state index contributed by atoms with van der Waals surface area (Å²) in [5.41, 5.74) is 3.46. The summed E-state index contributed by atoms with van der Waals surface area (Å²) in [5, 5.41) is 3.03. The molecule has 1 N–H and O–H groups in total. The molecule has 0 aliphatic rings. The van der Waals surface area contributed by atoms with Gasteiger partial charge in [0.15, 0.2) is 0 Å². The van der Waals surface area contributed by atoms with Crippen molar-refractivity contribution in [1.82, 2.24) is 5.32 Å². The first-order chi connectivity index (χ1) is 11.1. The minimum absolute atomic E-state index is 0.0281. The van der Waals surface area contributed by atoms with Gasteiger partial charge in [0.2, 0.25) is 5.91 Å². The quantitative estimate of drug-likeness (QED) is 0.772. The third kappa shape index (κ3) is 5.44. The van der Waals surface area contributed by atoms with E-state index in [0.29, 0.717) is 19.4 Å².